The lowest BCUT2D eigenvalue weighted by molar-refractivity contribution is 0.223. The zero-order chi connectivity index (χ0) is 13.5. The molecule has 0 aliphatic carbocycles. The van der Waals surface area contributed by atoms with Crippen molar-refractivity contribution in [3.8, 4) is 11.5 Å². The predicted octanol–water partition coefficient (Wildman–Crippen LogP) is 2.05. The van der Waals surface area contributed by atoms with E-state index in [4.69, 9.17) is 15.2 Å². The number of rotatable bonds is 7. The quantitative estimate of drug-likeness (QED) is 0.807. The van der Waals surface area contributed by atoms with Crippen LogP contribution in [-0.2, 0) is 0 Å². The van der Waals surface area contributed by atoms with Crippen LogP contribution in [0.2, 0.25) is 0 Å². The molecule has 0 bridgehead atoms. The first-order valence-corrected chi connectivity index (χ1v) is 6.37. The summed E-state index contributed by atoms with van der Waals surface area (Å²) >= 11 is 0. The van der Waals surface area contributed by atoms with E-state index in [1.165, 1.54) is 5.56 Å². The van der Waals surface area contributed by atoms with E-state index in [-0.39, 0.29) is 6.04 Å². The Morgan fingerprint density at radius 3 is 2.17 bits per heavy atom. The largest absolute Gasteiger partial charge is 0.493 e. The molecule has 0 radical (unpaired) electrons. The van der Waals surface area contributed by atoms with Gasteiger partial charge in [-0.25, -0.2) is 0 Å². The fourth-order valence-corrected chi connectivity index (χ4v) is 2.22. The van der Waals surface area contributed by atoms with Gasteiger partial charge in [-0.15, -0.1) is 0 Å². The van der Waals surface area contributed by atoms with Crippen LogP contribution in [0.1, 0.15) is 25.5 Å². The zero-order valence-corrected chi connectivity index (χ0v) is 11.8. The molecule has 102 valence electrons. The van der Waals surface area contributed by atoms with Gasteiger partial charge in [0.05, 0.1) is 14.2 Å². The van der Waals surface area contributed by atoms with Crippen molar-refractivity contribution in [3.05, 3.63) is 23.8 Å². The Kier molecular flexibility index (Phi) is 5.95. The van der Waals surface area contributed by atoms with E-state index < -0.39 is 0 Å². The topological polar surface area (TPSA) is 47.7 Å². The second kappa shape index (κ2) is 7.24. The molecule has 1 rings (SSSR count). The van der Waals surface area contributed by atoms with E-state index in [9.17, 15) is 0 Å². The number of nitrogens with two attached hydrogens (primary N) is 1. The molecule has 0 fully saturated rings. The summed E-state index contributed by atoms with van der Waals surface area (Å²) in [7, 11) is 3.29. The molecule has 2 N–H and O–H groups in total. The van der Waals surface area contributed by atoms with Gasteiger partial charge in [0.2, 0.25) is 0 Å². The fourth-order valence-electron chi connectivity index (χ4n) is 2.22. The van der Waals surface area contributed by atoms with Crippen LogP contribution in [-0.4, -0.2) is 38.8 Å². The maximum absolute atomic E-state index is 5.91. The SMILES string of the molecule is CCN(CC)[C@H](CN)c1ccc(OC)c(OC)c1. The number of methoxy groups -OCH3 is 2. The first-order valence-electron chi connectivity index (χ1n) is 6.37. The molecule has 0 saturated heterocycles. The minimum absolute atomic E-state index is 0.222. The van der Waals surface area contributed by atoms with Gasteiger partial charge in [-0.05, 0) is 30.8 Å². The molecule has 1 aromatic rings. The number of ether oxygens (including phenoxy) is 2. The molecule has 4 nitrogen and oxygen atoms in total. The molecule has 0 aliphatic rings. The number of nitrogens with zero attached hydrogens (tertiary/aromatic N) is 1. The lowest BCUT2D eigenvalue weighted by Gasteiger charge is -2.29. The van der Waals surface area contributed by atoms with Gasteiger partial charge in [0.15, 0.2) is 11.5 Å². The normalized spacial score (nSPS) is 12.6. The maximum Gasteiger partial charge on any atom is 0.161 e. The third kappa shape index (κ3) is 3.15. The van der Waals surface area contributed by atoms with E-state index in [1.54, 1.807) is 14.2 Å². The molecule has 1 atom stereocenters. The first kappa shape index (κ1) is 14.8. The highest BCUT2D eigenvalue weighted by Crippen LogP contribution is 2.31. The van der Waals surface area contributed by atoms with E-state index in [1.807, 2.05) is 12.1 Å². The van der Waals surface area contributed by atoms with Crippen molar-refractivity contribution in [2.75, 3.05) is 33.9 Å². The van der Waals surface area contributed by atoms with Gasteiger partial charge < -0.3 is 15.2 Å². The molecule has 0 aromatic heterocycles. The van der Waals surface area contributed by atoms with Gasteiger partial charge in [0.25, 0.3) is 0 Å². The smallest absolute Gasteiger partial charge is 0.161 e. The van der Waals surface area contributed by atoms with Crippen LogP contribution in [0.25, 0.3) is 0 Å². The molecular formula is C14H24N2O2. The minimum atomic E-state index is 0.222. The van der Waals surface area contributed by atoms with E-state index in [0.717, 1.165) is 24.6 Å². The van der Waals surface area contributed by atoms with Crippen LogP contribution in [0.5, 0.6) is 11.5 Å². The number of hydrogen-bond donors (Lipinski definition) is 1. The molecule has 4 heteroatoms. The Morgan fingerprint density at radius 2 is 1.72 bits per heavy atom. The lowest BCUT2D eigenvalue weighted by atomic mass is 10.0. The fraction of sp³-hybridized carbons (Fsp3) is 0.571. The standard InChI is InChI=1S/C14H24N2O2/c1-5-16(6-2)12(10-15)11-7-8-13(17-3)14(9-11)18-4/h7-9,12H,5-6,10,15H2,1-4H3/t12-/m1/s1. The van der Waals surface area contributed by atoms with Gasteiger partial charge in [0.1, 0.15) is 0 Å². The Bertz CT molecular complexity index is 365. The molecule has 0 saturated carbocycles. The summed E-state index contributed by atoms with van der Waals surface area (Å²) in [4.78, 5) is 2.33. The van der Waals surface area contributed by atoms with Crippen molar-refractivity contribution in [3.63, 3.8) is 0 Å². The van der Waals surface area contributed by atoms with Gasteiger partial charge >= 0.3 is 0 Å². The van der Waals surface area contributed by atoms with Crippen molar-refractivity contribution in [1.29, 1.82) is 0 Å². The average Bonchev–Trinajstić information content (AvgIpc) is 2.43. The van der Waals surface area contributed by atoms with Gasteiger partial charge in [0, 0.05) is 12.6 Å². The highest BCUT2D eigenvalue weighted by molar-refractivity contribution is 5.43. The minimum Gasteiger partial charge on any atom is -0.493 e. The van der Waals surface area contributed by atoms with Crippen LogP contribution >= 0.6 is 0 Å². The van der Waals surface area contributed by atoms with Gasteiger partial charge in [-0.3, -0.25) is 4.90 Å². The summed E-state index contributed by atoms with van der Waals surface area (Å²) in [6, 6.07) is 6.21. The predicted molar refractivity (Wildman–Crippen MR) is 74.3 cm³/mol. The summed E-state index contributed by atoms with van der Waals surface area (Å²) in [5, 5.41) is 0. The molecule has 1 aromatic carbocycles. The summed E-state index contributed by atoms with van der Waals surface area (Å²) < 4.78 is 10.6. The van der Waals surface area contributed by atoms with Crippen LogP contribution in [0.15, 0.2) is 18.2 Å². The molecule has 0 unspecified atom stereocenters. The Balaban J connectivity index is 3.06. The zero-order valence-electron chi connectivity index (χ0n) is 11.8. The first-order chi connectivity index (χ1) is 8.71. The van der Waals surface area contributed by atoms with Crippen LogP contribution in [0.4, 0.5) is 0 Å². The Hall–Kier alpha value is -1.26. The van der Waals surface area contributed by atoms with Crippen molar-refractivity contribution in [2.24, 2.45) is 5.73 Å². The van der Waals surface area contributed by atoms with Crippen LogP contribution < -0.4 is 15.2 Å². The van der Waals surface area contributed by atoms with Crippen molar-refractivity contribution in [1.82, 2.24) is 4.90 Å². The highest BCUT2D eigenvalue weighted by Gasteiger charge is 2.17. The lowest BCUT2D eigenvalue weighted by Crippen LogP contribution is -2.33. The van der Waals surface area contributed by atoms with E-state index in [0.29, 0.717) is 6.54 Å². The molecule has 18 heavy (non-hydrogen) atoms. The second-order valence-electron chi connectivity index (χ2n) is 4.09. The van der Waals surface area contributed by atoms with Crippen LogP contribution in [0.3, 0.4) is 0 Å². The average molecular weight is 252 g/mol. The summed E-state index contributed by atoms with van der Waals surface area (Å²) in [5.74, 6) is 1.50. The Labute approximate surface area is 110 Å². The highest BCUT2D eigenvalue weighted by atomic mass is 16.5. The summed E-state index contributed by atoms with van der Waals surface area (Å²) in [6.45, 7) is 6.84. The maximum atomic E-state index is 5.91. The third-order valence-electron chi connectivity index (χ3n) is 3.27. The number of likely N-dealkylation sites (N-methyl/N-ethyl adjacent to an activating group) is 1. The summed E-state index contributed by atoms with van der Waals surface area (Å²) in [5.41, 5.74) is 7.07. The van der Waals surface area contributed by atoms with Gasteiger partial charge in [-0.1, -0.05) is 19.9 Å². The number of benzene rings is 1. The second-order valence-corrected chi connectivity index (χ2v) is 4.09. The Morgan fingerprint density at radius 1 is 1.11 bits per heavy atom. The van der Waals surface area contributed by atoms with E-state index >= 15 is 0 Å². The molecule has 0 amide bonds. The summed E-state index contributed by atoms with van der Waals surface area (Å²) in [6.07, 6.45) is 0. The monoisotopic (exact) mass is 252 g/mol. The molecule has 0 heterocycles. The molecule has 0 aliphatic heterocycles. The third-order valence-corrected chi connectivity index (χ3v) is 3.27. The van der Waals surface area contributed by atoms with E-state index in [2.05, 4.69) is 24.8 Å². The number of hydrogen-bond acceptors (Lipinski definition) is 4. The van der Waals surface area contributed by atoms with Crippen LogP contribution in [0, 0.1) is 0 Å². The van der Waals surface area contributed by atoms with Crippen molar-refractivity contribution in [2.45, 2.75) is 19.9 Å². The molecular weight excluding hydrogens is 228 g/mol. The van der Waals surface area contributed by atoms with Gasteiger partial charge in [-0.2, -0.15) is 0 Å². The van der Waals surface area contributed by atoms with Crippen molar-refractivity contribution >= 4 is 0 Å². The van der Waals surface area contributed by atoms with Crippen molar-refractivity contribution < 1.29 is 9.47 Å². The molecule has 0 spiro atoms.